The zero-order chi connectivity index (χ0) is 22.0. The summed E-state index contributed by atoms with van der Waals surface area (Å²) in [6.07, 6.45) is 0.662. The van der Waals surface area contributed by atoms with Gasteiger partial charge in [-0.15, -0.1) is 0 Å². The lowest BCUT2D eigenvalue weighted by atomic mass is 9.93. The highest BCUT2D eigenvalue weighted by Crippen LogP contribution is 2.44. The zero-order valence-electron chi connectivity index (χ0n) is 17.2. The van der Waals surface area contributed by atoms with Gasteiger partial charge in [0.15, 0.2) is 11.5 Å². The van der Waals surface area contributed by atoms with Gasteiger partial charge in [-0.25, -0.2) is 0 Å². The van der Waals surface area contributed by atoms with Gasteiger partial charge in [-0.2, -0.15) is 0 Å². The minimum Gasteiger partial charge on any atom is -0.506 e. The van der Waals surface area contributed by atoms with Crippen LogP contribution in [0.25, 0.3) is 0 Å². The number of rotatable bonds is 6. The first-order valence-electron chi connectivity index (χ1n) is 10.2. The molecule has 0 spiro atoms. The molecule has 2 N–H and O–H groups in total. The number of Topliss-reactive ketones (excluding diaryl/α,β-unsaturated/α-hetero) is 1. The van der Waals surface area contributed by atoms with E-state index in [2.05, 4.69) is 0 Å². The molecule has 0 fully saturated rings. The van der Waals surface area contributed by atoms with E-state index >= 15 is 0 Å². The van der Waals surface area contributed by atoms with E-state index in [0.717, 1.165) is 11.1 Å². The summed E-state index contributed by atoms with van der Waals surface area (Å²) in [5.41, 5.74) is 2.86. The van der Waals surface area contributed by atoms with Crippen LogP contribution in [0.15, 0.2) is 90.2 Å². The Bertz CT molecular complexity index is 1150. The summed E-state index contributed by atoms with van der Waals surface area (Å²) in [6, 6.07) is 22.8. The fourth-order valence-electron chi connectivity index (χ4n) is 3.95. The quantitative estimate of drug-likeness (QED) is 0.608. The molecule has 0 saturated heterocycles. The van der Waals surface area contributed by atoms with Crippen molar-refractivity contribution in [3.63, 3.8) is 0 Å². The Morgan fingerprint density at radius 2 is 1.58 bits per heavy atom. The van der Waals surface area contributed by atoms with Gasteiger partial charge in [0.25, 0.3) is 5.91 Å². The molecule has 4 rings (SSSR count). The molecule has 1 unspecified atom stereocenters. The molecule has 5 nitrogen and oxygen atoms in total. The number of ketones is 1. The molecule has 1 aliphatic heterocycles. The van der Waals surface area contributed by atoms with E-state index in [9.17, 15) is 19.8 Å². The Morgan fingerprint density at radius 1 is 0.935 bits per heavy atom. The molecule has 0 radical (unpaired) electrons. The summed E-state index contributed by atoms with van der Waals surface area (Å²) >= 11 is 0. The smallest absolute Gasteiger partial charge is 0.294 e. The van der Waals surface area contributed by atoms with Gasteiger partial charge in [0, 0.05) is 6.42 Å². The van der Waals surface area contributed by atoms with Crippen LogP contribution in [0.4, 0.5) is 5.69 Å². The molecule has 1 heterocycles. The second-order valence-electron chi connectivity index (χ2n) is 7.65. The molecule has 0 aliphatic carbocycles. The summed E-state index contributed by atoms with van der Waals surface area (Å²) < 4.78 is 0. The predicted molar refractivity (Wildman–Crippen MR) is 119 cm³/mol. The molecule has 1 atom stereocenters. The Morgan fingerprint density at radius 3 is 2.26 bits per heavy atom. The van der Waals surface area contributed by atoms with Gasteiger partial charge in [-0.1, -0.05) is 66.7 Å². The number of carbonyl (C=O) groups is 2. The van der Waals surface area contributed by atoms with E-state index in [1.807, 2.05) is 55.5 Å². The van der Waals surface area contributed by atoms with Crippen LogP contribution in [0.3, 0.4) is 0 Å². The fourth-order valence-corrected chi connectivity index (χ4v) is 3.95. The molecule has 0 aromatic heterocycles. The average molecular weight is 413 g/mol. The molecular weight excluding hydrogens is 390 g/mol. The molecule has 5 heteroatoms. The number of aromatic hydroxyl groups is 1. The maximum atomic E-state index is 13.2. The van der Waals surface area contributed by atoms with Crippen molar-refractivity contribution in [2.24, 2.45) is 0 Å². The second kappa shape index (κ2) is 8.48. The molecule has 31 heavy (non-hydrogen) atoms. The topological polar surface area (TPSA) is 77.8 Å². The van der Waals surface area contributed by atoms with E-state index in [1.54, 1.807) is 24.3 Å². The zero-order valence-corrected chi connectivity index (χ0v) is 17.2. The minimum absolute atomic E-state index is 0.0630. The highest BCUT2D eigenvalue weighted by atomic mass is 16.3. The van der Waals surface area contributed by atoms with Gasteiger partial charge in [-0.05, 0) is 42.2 Å². The van der Waals surface area contributed by atoms with Crippen molar-refractivity contribution in [2.75, 3.05) is 4.90 Å². The summed E-state index contributed by atoms with van der Waals surface area (Å²) in [4.78, 5) is 27.6. The van der Waals surface area contributed by atoms with Crippen LogP contribution in [-0.4, -0.2) is 21.9 Å². The number of phenols is 1. The maximum Gasteiger partial charge on any atom is 0.294 e. The Kier molecular flexibility index (Phi) is 5.58. The van der Waals surface area contributed by atoms with Gasteiger partial charge >= 0.3 is 0 Å². The van der Waals surface area contributed by atoms with Crippen LogP contribution < -0.4 is 4.90 Å². The summed E-state index contributed by atoms with van der Waals surface area (Å²) in [6.45, 7) is 1.85. The SMILES string of the molecule is Cc1ccc(O)c(N2C(=O)C(O)=C(C(=O)CCc3ccccc3)C2c2ccccc2)c1. The van der Waals surface area contributed by atoms with E-state index in [4.69, 9.17) is 0 Å². The number of anilines is 1. The Balaban J connectivity index is 1.75. The molecule has 156 valence electrons. The average Bonchev–Trinajstić information content (AvgIpc) is 3.06. The third kappa shape index (κ3) is 3.94. The van der Waals surface area contributed by atoms with Crippen molar-refractivity contribution in [3.8, 4) is 5.75 Å². The Hall–Kier alpha value is -3.86. The van der Waals surface area contributed by atoms with Crippen LogP contribution in [0, 0.1) is 6.92 Å². The number of carbonyl (C=O) groups excluding carboxylic acids is 2. The number of aryl methyl sites for hydroxylation is 2. The number of benzene rings is 3. The molecule has 1 amide bonds. The van der Waals surface area contributed by atoms with Gasteiger partial charge in [-0.3, -0.25) is 14.5 Å². The highest BCUT2D eigenvalue weighted by Gasteiger charge is 2.44. The number of aliphatic hydroxyl groups excluding tert-OH is 1. The molecule has 1 aliphatic rings. The number of aliphatic hydroxyl groups is 1. The number of hydrogen-bond acceptors (Lipinski definition) is 4. The first-order chi connectivity index (χ1) is 15.0. The van der Waals surface area contributed by atoms with E-state index in [-0.39, 0.29) is 29.2 Å². The summed E-state index contributed by atoms with van der Waals surface area (Å²) in [5.74, 6) is -1.64. The van der Waals surface area contributed by atoms with Crippen LogP contribution in [0.5, 0.6) is 5.75 Å². The van der Waals surface area contributed by atoms with Crippen molar-refractivity contribution < 1.29 is 19.8 Å². The second-order valence-corrected chi connectivity index (χ2v) is 7.65. The van der Waals surface area contributed by atoms with Crippen molar-refractivity contribution in [2.45, 2.75) is 25.8 Å². The van der Waals surface area contributed by atoms with Crippen molar-refractivity contribution in [1.82, 2.24) is 0 Å². The van der Waals surface area contributed by atoms with Crippen LogP contribution in [-0.2, 0) is 16.0 Å². The number of nitrogens with zero attached hydrogens (tertiary/aromatic N) is 1. The number of hydrogen-bond donors (Lipinski definition) is 2. The maximum absolute atomic E-state index is 13.2. The van der Waals surface area contributed by atoms with E-state index in [1.165, 1.54) is 11.0 Å². The third-order valence-corrected chi connectivity index (χ3v) is 5.50. The fraction of sp³-hybridized carbons (Fsp3) is 0.154. The standard InChI is InChI=1S/C26H23NO4/c1-17-12-14-21(28)20(16-17)27-24(19-10-6-3-7-11-19)23(25(30)26(27)31)22(29)15-13-18-8-4-2-5-9-18/h2-12,14,16,24,28,30H,13,15H2,1H3. The van der Waals surface area contributed by atoms with Crippen molar-refractivity contribution in [1.29, 1.82) is 0 Å². The van der Waals surface area contributed by atoms with E-state index in [0.29, 0.717) is 12.0 Å². The molecule has 0 bridgehead atoms. The lowest BCUT2D eigenvalue weighted by molar-refractivity contribution is -0.118. The molecule has 3 aromatic carbocycles. The third-order valence-electron chi connectivity index (χ3n) is 5.50. The van der Waals surface area contributed by atoms with Crippen LogP contribution >= 0.6 is 0 Å². The normalized spacial score (nSPS) is 16.1. The molecule has 3 aromatic rings. The monoisotopic (exact) mass is 413 g/mol. The minimum atomic E-state index is -0.815. The Labute approximate surface area is 180 Å². The van der Waals surface area contributed by atoms with Gasteiger partial charge in [0.2, 0.25) is 0 Å². The van der Waals surface area contributed by atoms with Gasteiger partial charge < -0.3 is 10.2 Å². The van der Waals surface area contributed by atoms with E-state index < -0.39 is 17.7 Å². The van der Waals surface area contributed by atoms with Crippen LogP contribution in [0.2, 0.25) is 0 Å². The van der Waals surface area contributed by atoms with Gasteiger partial charge in [0.1, 0.15) is 5.75 Å². The highest BCUT2D eigenvalue weighted by molar-refractivity contribution is 6.17. The van der Waals surface area contributed by atoms with Crippen molar-refractivity contribution >= 4 is 17.4 Å². The first kappa shape index (κ1) is 20.4. The van der Waals surface area contributed by atoms with Crippen molar-refractivity contribution in [3.05, 3.63) is 107 Å². The molecular formula is C26H23NO4. The van der Waals surface area contributed by atoms with Gasteiger partial charge in [0.05, 0.1) is 17.3 Å². The summed E-state index contributed by atoms with van der Waals surface area (Å²) in [7, 11) is 0. The summed E-state index contributed by atoms with van der Waals surface area (Å²) in [5, 5.41) is 21.2. The number of amides is 1. The predicted octanol–water partition coefficient (Wildman–Crippen LogP) is 4.80. The lowest BCUT2D eigenvalue weighted by Gasteiger charge is -2.27. The van der Waals surface area contributed by atoms with Crippen LogP contribution in [0.1, 0.15) is 29.2 Å². The lowest BCUT2D eigenvalue weighted by Crippen LogP contribution is -2.31. The molecule has 0 saturated carbocycles. The first-order valence-corrected chi connectivity index (χ1v) is 10.2. The largest absolute Gasteiger partial charge is 0.506 e. The number of phenolic OH excluding ortho intramolecular Hbond substituents is 1.